The maximum absolute atomic E-state index is 13.5. The minimum atomic E-state index is -0.295. The van der Waals surface area contributed by atoms with Gasteiger partial charge in [0, 0.05) is 4.47 Å². The Morgan fingerprint density at radius 1 is 0.905 bits per heavy atom. The van der Waals surface area contributed by atoms with Gasteiger partial charge in [-0.15, -0.1) is 0 Å². The van der Waals surface area contributed by atoms with Gasteiger partial charge in [-0.3, -0.25) is 0 Å². The van der Waals surface area contributed by atoms with Gasteiger partial charge in [-0.2, -0.15) is 0 Å². The van der Waals surface area contributed by atoms with Crippen LogP contribution in [0.5, 0.6) is 5.75 Å². The van der Waals surface area contributed by atoms with Gasteiger partial charge in [-0.1, -0.05) is 80.6 Å². The molecule has 0 fully saturated rings. The highest BCUT2D eigenvalue weighted by molar-refractivity contribution is 9.10. The summed E-state index contributed by atoms with van der Waals surface area (Å²) in [5, 5.41) is 0. The standard InChI is InChI=1S/C18H28BrFO/c1-2-3-4-5-6-7-8-9-10-11-14-21-18-13-12-16(19)15-17(18)20/h12-13,15H,2-11,14H2,1H3. The normalized spacial score (nSPS) is 10.8. The maximum Gasteiger partial charge on any atom is 0.166 e. The third kappa shape index (κ3) is 9.13. The fraction of sp³-hybridized carbons (Fsp3) is 0.667. The van der Waals surface area contributed by atoms with Gasteiger partial charge >= 0.3 is 0 Å². The monoisotopic (exact) mass is 358 g/mol. The second kappa shape index (κ2) is 12.0. The quantitative estimate of drug-likeness (QED) is 0.369. The minimum absolute atomic E-state index is 0.295. The highest BCUT2D eigenvalue weighted by Crippen LogP contribution is 2.21. The van der Waals surface area contributed by atoms with E-state index in [-0.39, 0.29) is 5.82 Å². The van der Waals surface area contributed by atoms with Crippen molar-refractivity contribution in [3.8, 4) is 5.75 Å². The lowest BCUT2D eigenvalue weighted by Gasteiger charge is -2.07. The molecule has 0 heterocycles. The average molecular weight is 359 g/mol. The molecule has 1 aromatic rings. The van der Waals surface area contributed by atoms with Gasteiger partial charge in [0.1, 0.15) is 0 Å². The Bertz CT molecular complexity index is 381. The first-order valence-electron chi connectivity index (χ1n) is 8.32. The molecule has 120 valence electrons. The van der Waals surface area contributed by atoms with E-state index in [1.54, 1.807) is 12.1 Å². The van der Waals surface area contributed by atoms with Crippen LogP contribution in [-0.4, -0.2) is 6.61 Å². The van der Waals surface area contributed by atoms with Crippen LogP contribution in [0.2, 0.25) is 0 Å². The summed E-state index contributed by atoms with van der Waals surface area (Å²) in [4.78, 5) is 0. The Balaban J connectivity index is 1.93. The number of unbranched alkanes of at least 4 members (excludes halogenated alkanes) is 9. The molecule has 0 aliphatic rings. The zero-order chi connectivity index (χ0) is 15.3. The summed E-state index contributed by atoms with van der Waals surface area (Å²) in [5.41, 5.74) is 0. The molecule has 0 saturated heterocycles. The van der Waals surface area contributed by atoms with E-state index in [1.165, 1.54) is 63.9 Å². The van der Waals surface area contributed by atoms with E-state index < -0.39 is 0 Å². The largest absolute Gasteiger partial charge is 0.491 e. The molecular formula is C18H28BrFO. The fourth-order valence-corrected chi connectivity index (χ4v) is 2.70. The first-order valence-corrected chi connectivity index (χ1v) is 9.11. The third-order valence-corrected chi connectivity index (χ3v) is 4.14. The van der Waals surface area contributed by atoms with Crippen molar-refractivity contribution in [2.24, 2.45) is 0 Å². The number of hydrogen-bond donors (Lipinski definition) is 0. The molecule has 0 N–H and O–H groups in total. The molecule has 0 aliphatic carbocycles. The van der Waals surface area contributed by atoms with E-state index in [4.69, 9.17) is 4.74 Å². The molecule has 0 saturated carbocycles. The Labute approximate surface area is 137 Å². The van der Waals surface area contributed by atoms with E-state index >= 15 is 0 Å². The summed E-state index contributed by atoms with van der Waals surface area (Å²) < 4.78 is 19.7. The van der Waals surface area contributed by atoms with Crippen LogP contribution in [0.15, 0.2) is 22.7 Å². The molecular weight excluding hydrogens is 331 g/mol. The fourth-order valence-electron chi connectivity index (χ4n) is 2.36. The van der Waals surface area contributed by atoms with Crippen molar-refractivity contribution < 1.29 is 9.13 Å². The molecule has 3 heteroatoms. The van der Waals surface area contributed by atoms with Gasteiger partial charge in [0.05, 0.1) is 6.61 Å². The van der Waals surface area contributed by atoms with Crippen molar-refractivity contribution in [3.05, 3.63) is 28.5 Å². The van der Waals surface area contributed by atoms with Crippen LogP contribution in [-0.2, 0) is 0 Å². The molecule has 0 aliphatic heterocycles. The highest BCUT2D eigenvalue weighted by atomic mass is 79.9. The van der Waals surface area contributed by atoms with Crippen molar-refractivity contribution in [3.63, 3.8) is 0 Å². The van der Waals surface area contributed by atoms with Gasteiger partial charge in [-0.05, 0) is 24.6 Å². The molecule has 0 atom stereocenters. The van der Waals surface area contributed by atoms with Crippen LogP contribution in [0.3, 0.4) is 0 Å². The Kier molecular flexibility index (Phi) is 10.6. The minimum Gasteiger partial charge on any atom is -0.491 e. The van der Waals surface area contributed by atoms with Crippen LogP contribution < -0.4 is 4.74 Å². The number of hydrogen-bond acceptors (Lipinski definition) is 1. The number of rotatable bonds is 12. The van der Waals surface area contributed by atoms with Crippen molar-refractivity contribution in [1.82, 2.24) is 0 Å². The van der Waals surface area contributed by atoms with Crippen molar-refractivity contribution in [2.45, 2.75) is 71.1 Å². The lowest BCUT2D eigenvalue weighted by molar-refractivity contribution is 0.290. The first-order chi connectivity index (χ1) is 10.2. The van der Waals surface area contributed by atoms with Gasteiger partial charge in [0.25, 0.3) is 0 Å². The van der Waals surface area contributed by atoms with Crippen molar-refractivity contribution in [2.75, 3.05) is 6.61 Å². The molecule has 0 bridgehead atoms. The molecule has 21 heavy (non-hydrogen) atoms. The second-order valence-electron chi connectivity index (χ2n) is 5.61. The predicted octanol–water partition coefficient (Wildman–Crippen LogP) is 6.89. The summed E-state index contributed by atoms with van der Waals surface area (Å²) in [6, 6.07) is 4.92. The maximum atomic E-state index is 13.5. The molecule has 0 unspecified atom stereocenters. The van der Waals surface area contributed by atoms with E-state index in [0.29, 0.717) is 12.4 Å². The number of halogens is 2. The van der Waals surface area contributed by atoms with Gasteiger partial charge in [0.15, 0.2) is 11.6 Å². The third-order valence-electron chi connectivity index (χ3n) is 3.65. The van der Waals surface area contributed by atoms with Crippen LogP contribution in [0.1, 0.15) is 71.1 Å². The van der Waals surface area contributed by atoms with Crippen LogP contribution in [0.4, 0.5) is 4.39 Å². The van der Waals surface area contributed by atoms with Crippen molar-refractivity contribution in [1.29, 1.82) is 0 Å². The number of benzene rings is 1. The summed E-state index contributed by atoms with van der Waals surface area (Å²) in [6.07, 6.45) is 13.0. The van der Waals surface area contributed by atoms with Gasteiger partial charge in [-0.25, -0.2) is 4.39 Å². The lowest BCUT2D eigenvalue weighted by atomic mass is 10.1. The molecule has 1 aromatic carbocycles. The summed E-state index contributed by atoms with van der Waals surface area (Å²) in [6.45, 7) is 2.86. The van der Waals surface area contributed by atoms with Gasteiger partial charge < -0.3 is 4.74 Å². The number of ether oxygens (including phenoxy) is 1. The molecule has 0 amide bonds. The summed E-state index contributed by atoms with van der Waals surface area (Å²) in [5.74, 6) is 0.0607. The Morgan fingerprint density at radius 3 is 2.05 bits per heavy atom. The second-order valence-corrected chi connectivity index (χ2v) is 6.52. The molecule has 0 aromatic heterocycles. The van der Waals surface area contributed by atoms with Crippen LogP contribution in [0, 0.1) is 5.82 Å². The lowest BCUT2D eigenvalue weighted by Crippen LogP contribution is -1.99. The smallest absolute Gasteiger partial charge is 0.166 e. The van der Waals surface area contributed by atoms with Crippen LogP contribution >= 0.6 is 15.9 Å². The molecule has 1 rings (SSSR count). The van der Waals surface area contributed by atoms with E-state index in [0.717, 1.165) is 10.9 Å². The Morgan fingerprint density at radius 2 is 1.48 bits per heavy atom. The predicted molar refractivity (Wildman–Crippen MR) is 91.4 cm³/mol. The van der Waals surface area contributed by atoms with Gasteiger partial charge in [0.2, 0.25) is 0 Å². The molecule has 0 spiro atoms. The van der Waals surface area contributed by atoms with Crippen molar-refractivity contribution >= 4 is 15.9 Å². The topological polar surface area (TPSA) is 9.23 Å². The zero-order valence-corrected chi connectivity index (χ0v) is 14.8. The van der Waals surface area contributed by atoms with E-state index in [9.17, 15) is 4.39 Å². The van der Waals surface area contributed by atoms with Crippen LogP contribution in [0.25, 0.3) is 0 Å². The first kappa shape index (κ1) is 18.5. The zero-order valence-electron chi connectivity index (χ0n) is 13.2. The SMILES string of the molecule is CCCCCCCCCCCCOc1ccc(Br)cc1F. The molecule has 0 radical (unpaired) electrons. The average Bonchev–Trinajstić information content (AvgIpc) is 2.46. The summed E-state index contributed by atoms with van der Waals surface area (Å²) >= 11 is 3.24. The van der Waals surface area contributed by atoms with E-state index in [1.807, 2.05) is 0 Å². The molecule has 1 nitrogen and oxygen atoms in total. The Hall–Kier alpha value is -0.570. The summed E-state index contributed by atoms with van der Waals surface area (Å²) in [7, 11) is 0. The highest BCUT2D eigenvalue weighted by Gasteiger charge is 2.03. The van der Waals surface area contributed by atoms with E-state index in [2.05, 4.69) is 22.9 Å².